The SMILES string of the molecule is CC(C)Oc1cncc(C2=CC(=O)CC2)c1. The maximum absolute atomic E-state index is 11.2. The Balaban J connectivity index is 2.22. The molecule has 0 saturated carbocycles. The number of carbonyl (C=O) groups excluding carboxylic acids is 1. The monoisotopic (exact) mass is 217 g/mol. The molecule has 0 amide bonds. The van der Waals surface area contributed by atoms with Gasteiger partial charge in [0.05, 0.1) is 12.3 Å². The van der Waals surface area contributed by atoms with Gasteiger partial charge in [-0.3, -0.25) is 9.78 Å². The molecule has 0 aromatic carbocycles. The normalized spacial score (nSPS) is 15.4. The number of hydrogen-bond acceptors (Lipinski definition) is 3. The van der Waals surface area contributed by atoms with Crippen LogP contribution < -0.4 is 4.74 Å². The lowest BCUT2D eigenvalue weighted by Gasteiger charge is -2.10. The highest BCUT2D eigenvalue weighted by molar-refractivity contribution is 6.01. The molecule has 1 heterocycles. The van der Waals surface area contributed by atoms with Crippen molar-refractivity contribution in [3.05, 3.63) is 30.1 Å². The van der Waals surface area contributed by atoms with Crippen molar-refractivity contribution in [1.29, 1.82) is 0 Å². The van der Waals surface area contributed by atoms with Gasteiger partial charge in [0.1, 0.15) is 5.75 Å². The lowest BCUT2D eigenvalue weighted by Crippen LogP contribution is -2.05. The zero-order valence-corrected chi connectivity index (χ0v) is 9.56. The third kappa shape index (κ3) is 2.48. The molecule has 0 saturated heterocycles. The number of nitrogens with zero attached hydrogens (tertiary/aromatic N) is 1. The number of hydrogen-bond donors (Lipinski definition) is 0. The third-order valence-electron chi connectivity index (χ3n) is 2.43. The largest absolute Gasteiger partial charge is 0.489 e. The number of pyridine rings is 1. The van der Waals surface area contributed by atoms with Crippen LogP contribution in [0, 0.1) is 0 Å². The van der Waals surface area contributed by atoms with Crippen molar-refractivity contribution in [3.63, 3.8) is 0 Å². The predicted molar refractivity (Wildman–Crippen MR) is 62.2 cm³/mol. The molecule has 84 valence electrons. The first-order chi connectivity index (χ1) is 7.65. The van der Waals surface area contributed by atoms with Crippen LogP contribution in [0.5, 0.6) is 5.75 Å². The van der Waals surface area contributed by atoms with Gasteiger partial charge in [0.2, 0.25) is 0 Å². The van der Waals surface area contributed by atoms with E-state index in [1.807, 2.05) is 19.9 Å². The maximum atomic E-state index is 11.2. The van der Waals surface area contributed by atoms with Gasteiger partial charge in [0, 0.05) is 12.6 Å². The summed E-state index contributed by atoms with van der Waals surface area (Å²) in [6, 6.07) is 1.94. The molecule has 1 aliphatic carbocycles. The smallest absolute Gasteiger partial charge is 0.156 e. The minimum Gasteiger partial charge on any atom is -0.489 e. The topological polar surface area (TPSA) is 39.2 Å². The van der Waals surface area contributed by atoms with E-state index in [1.165, 1.54) is 0 Å². The molecule has 0 spiro atoms. The average molecular weight is 217 g/mol. The van der Waals surface area contributed by atoms with E-state index in [1.54, 1.807) is 18.5 Å². The van der Waals surface area contributed by atoms with Crippen LogP contribution in [0.4, 0.5) is 0 Å². The second-order valence-electron chi connectivity index (χ2n) is 4.21. The summed E-state index contributed by atoms with van der Waals surface area (Å²) < 4.78 is 5.57. The Labute approximate surface area is 95.2 Å². The van der Waals surface area contributed by atoms with E-state index < -0.39 is 0 Å². The fraction of sp³-hybridized carbons (Fsp3) is 0.385. The highest BCUT2D eigenvalue weighted by Gasteiger charge is 2.14. The number of allylic oxidation sites excluding steroid dienone is 2. The maximum Gasteiger partial charge on any atom is 0.156 e. The average Bonchev–Trinajstić information content (AvgIpc) is 2.64. The molecule has 0 aliphatic heterocycles. The first-order valence-electron chi connectivity index (χ1n) is 5.50. The summed E-state index contributed by atoms with van der Waals surface area (Å²) in [5.41, 5.74) is 2.05. The van der Waals surface area contributed by atoms with Crippen molar-refractivity contribution in [3.8, 4) is 5.75 Å². The molecule has 0 bridgehead atoms. The van der Waals surface area contributed by atoms with Crippen molar-refractivity contribution < 1.29 is 9.53 Å². The van der Waals surface area contributed by atoms with Gasteiger partial charge in [0.25, 0.3) is 0 Å². The van der Waals surface area contributed by atoms with Gasteiger partial charge in [-0.2, -0.15) is 0 Å². The molecule has 1 aliphatic rings. The summed E-state index contributed by atoms with van der Waals surface area (Å²) in [6.45, 7) is 3.95. The van der Waals surface area contributed by atoms with Crippen LogP contribution in [0.1, 0.15) is 32.3 Å². The van der Waals surface area contributed by atoms with Crippen LogP contribution in [0.15, 0.2) is 24.5 Å². The number of ether oxygens (including phenoxy) is 1. The fourth-order valence-corrected chi connectivity index (χ4v) is 1.76. The molecular weight excluding hydrogens is 202 g/mol. The van der Waals surface area contributed by atoms with Gasteiger partial charge < -0.3 is 4.74 Å². The van der Waals surface area contributed by atoms with Crippen molar-refractivity contribution in [2.45, 2.75) is 32.8 Å². The zero-order chi connectivity index (χ0) is 11.5. The lowest BCUT2D eigenvalue weighted by molar-refractivity contribution is -0.114. The molecule has 0 unspecified atom stereocenters. The van der Waals surface area contributed by atoms with Crippen LogP contribution in [-0.2, 0) is 4.79 Å². The van der Waals surface area contributed by atoms with Gasteiger partial charge >= 0.3 is 0 Å². The molecule has 0 atom stereocenters. The molecule has 1 aromatic heterocycles. The summed E-state index contributed by atoms with van der Waals surface area (Å²) in [5, 5.41) is 0. The Hall–Kier alpha value is -1.64. The summed E-state index contributed by atoms with van der Waals surface area (Å²) in [4.78, 5) is 15.3. The standard InChI is InChI=1S/C13H15NO2/c1-9(2)16-13-6-11(7-14-8-13)10-3-4-12(15)5-10/h5-9H,3-4H2,1-2H3. The molecule has 0 radical (unpaired) electrons. The van der Waals surface area contributed by atoms with Gasteiger partial charge in [-0.25, -0.2) is 0 Å². The van der Waals surface area contributed by atoms with Gasteiger partial charge in [-0.15, -0.1) is 0 Å². The highest BCUT2D eigenvalue weighted by atomic mass is 16.5. The second kappa shape index (κ2) is 4.47. The van der Waals surface area contributed by atoms with E-state index in [0.29, 0.717) is 6.42 Å². The minimum atomic E-state index is 0.135. The van der Waals surface area contributed by atoms with Crippen molar-refractivity contribution in [1.82, 2.24) is 4.98 Å². The molecule has 2 rings (SSSR count). The second-order valence-corrected chi connectivity index (χ2v) is 4.21. The van der Waals surface area contributed by atoms with Gasteiger partial charge in [-0.05, 0) is 43.5 Å². The van der Waals surface area contributed by atoms with Crippen molar-refractivity contribution in [2.24, 2.45) is 0 Å². The first kappa shape index (κ1) is 10.9. The van der Waals surface area contributed by atoms with Crippen LogP contribution in [0.25, 0.3) is 5.57 Å². The predicted octanol–water partition coefficient (Wildman–Crippen LogP) is 2.62. The summed E-state index contributed by atoms with van der Waals surface area (Å²) in [7, 11) is 0. The van der Waals surface area contributed by atoms with Gasteiger partial charge in [-0.1, -0.05) is 0 Å². The fourth-order valence-electron chi connectivity index (χ4n) is 1.76. The van der Waals surface area contributed by atoms with Crippen LogP contribution in [0.3, 0.4) is 0 Å². The van der Waals surface area contributed by atoms with E-state index in [9.17, 15) is 4.79 Å². The quantitative estimate of drug-likeness (QED) is 0.781. The van der Waals surface area contributed by atoms with E-state index in [0.717, 1.165) is 23.3 Å². The van der Waals surface area contributed by atoms with E-state index >= 15 is 0 Å². The van der Waals surface area contributed by atoms with E-state index in [4.69, 9.17) is 4.74 Å². The molecule has 0 fully saturated rings. The minimum absolute atomic E-state index is 0.135. The molecule has 3 heteroatoms. The number of ketones is 1. The Morgan fingerprint density at radius 2 is 2.12 bits per heavy atom. The molecule has 0 N–H and O–H groups in total. The van der Waals surface area contributed by atoms with Crippen molar-refractivity contribution in [2.75, 3.05) is 0 Å². The third-order valence-corrected chi connectivity index (χ3v) is 2.43. The Morgan fingerprint density at radius 1 is 1.31 bits per heavy atom. The number of aromatic nitrogens is 1. The Kier molecular flexibility index (Phi) is 3.04. The van der Waals surface area contributed by atoms with Crippen LogP contribution >= 0.6 is 0 Å². The van der Waals surface area contributed by atoms with E-state index in [-0.39, 0.29) is 11.9 Å². The molecule has 3 nitrogen and oxygen atoms in total. The molecule has 1 aromatic rings. The highest BCUT2D eigenvalue weighted by Crippen LogP contribution is 2.27. The number of carbonyl (C=O) groups is 1. The Morgan fingerprint density at radius 3 is 2.75 bits per heavy atom. The number of rotatable bonds is 3. The van der Waals surface area contributed by atoms with Crippen molar-refractivity contribution >= 4 is 11.4 Å². The summed E-state index contributed by atoms with van der Waals surface area (Å²) >= 11 is 0. The molecule has 16 heavy (non-hydrogen) atoms. The summed E-state index contributed by atoms with van der Waals surface area (Å²) in [5.74, 6) is 0.956. The van der Waals surface area contributed by atoms with Crippen LogP contribution in [-0.4, -0.2) is 16.9 Å². The van der Waals surface area contributed by atoms with Gasteiger partial charge in [0.15, 0.2) is 5.78 Å². The zero-order valence-electron chi connectivity index (χ0n) is 9.56. The summed E-state index contributed by atoms with van der Waals surface area (Å²) in [6.07, 6.45) is 6.74. The van der Waals surface area contributed by atoms with Crippen LogP contribution in [0.2, 0.25) is 0 Å². The Bertz CT molecular complexity index is 435. The first-order valence-corrected chi connectivity index (χ1v) is 5.50. The van der Waals surface area contributed by atoms with E-state index in [2.05, 4.69) is 4.98 Å². The lowest BCUT2D eigenvalue weighted by atomic mass is 10.1. The molecular formula is C13H15NO2.